The summed E-state index contributed by atoms with van der Waals surface area (Å²) < 4.78 is 0. The molecule has 1 nitrogen and oxygen atoms in total. The predicted octanol–water partition coefficient (Wildman–Crippen LogP) is 4.99. The quantitative estimate of drug-likeness (QED) is 0.500. The van der Waals surface area contributed by atoms with E-state index in [1.54, 1.807) is 0 Å². The van der Waals surface area contributed by atoms with E-state index in [1.165, 1.54) is 19.3 Å². The Bertz CT molecular complexity index is 324. The van der Waals surface area contributed by atoms with Crippen LogP contribution >= 0.6 is 39.1 Å². The Labute approximate surface area is 122 Å². The van der Waals surface area contributed by atoms with E-state index in [0.29, 0.717) is 0 Å². The van der Waals surface area contributed by atoms with Crippen LogP contribution in [-0.4, -0.2) is 23.8 Å². The van der Waals surface area contributed by atoms with E-state index in [2.05, 4.69) is 27.9 Å². The van der Waals surface area contributed by atoms with Crippen LogP contribution in [-0.2, 0) is 6.54 Å². The van der Waals surface area contributed by atoms with Crippen LogP contribution in [0.3, 0.4) is 0 Å². The minimum absolute atomic E-state index is 0.754. The molecule has 17 heavy (non-hydrogen) atoms. The van der Waals surface area contributed by atoms with Crippen molar-refractivity contribution < 1.29 is 0 Å². The number of halogens is 3. The minimum Gasteiger partial charge on any atom is -0.302 e. The van der Waals surface area contributed by atoms with E-state index in [-0.39, 0.29) is 0 Å². The molecule has 96 valence electrons. The molecule has 0 aliphatic carbocycles. The fourth-order valence-electron chi connectivity index (χ4n) is 1.69. The van der Waals surface area contributed by atoms with E-state index in [4.69, 9.17) is 23.2 Å². The summed E-state index contributed by atoms with van der Waals surface area (Å²) in [4.78, 5) is 2.27. The molecule has 0 amide bonds. The standard InChI is InChI=1S/C13H18BrCl2N/c1-17(9-4-2-3-8-14)10-11-12(15)6-5-7-13(11)16/h5-7H,2-4,8-10H2,1H3. The smallest absolute Gasteiger partial charge is 0.0465 e. The number of unbranched alkanes of at least 4 members (excludes halogenated alkanes) is 2. The van der Waals surface area contributed by atoms with Crippen LogP contribution in [0.2, 0.25) is 10.0 Å². The lowest BCUT2D eigenvalue weighted by Crippen LogP contribution is -2.19. The molecular formula is C13H18BrCl2N. The molecule has 0 aliphatic rings. The van der Waals surface area contributed by atoms with Gasteiger partial charge in [-0.25, -0.2) is 0 Å². The van der Waals surface area contributed by atoms with Crippen LogP contribution in [0.5, 0.6) is 0 Å². The molecule has 0 saturated carbocycles. The molecule has 0 saturated heterocycles. The lowest BCUT2D eigenvalue weighted by Gasteiger charge is -2.18. The first-order valence-electron chi connectivity index (χ1n) is 5.82. The van der Waals surface area contributed by atoms with Crippen molar-refractivity contribution in [2.24, 2.45) is 0 Å². The highest BCUT2D eigenvalue weighted by molar-refractivity contribution is 9.09. The Morgan fingerprint density at radius 1 is 1.12 bits per heavy atom. The second-order valence-corrected chi connectivity index (χ2v) is 5.80. The van der Waals surface area contributed by atoms with Crippen molar-refractivity contribution in [2.45, 2.75) is 25.8 Å². The van der Waals surface area contributed by atoms with Gasteiger partial charge >= 0.3 is 0 Å². The third-order valence-corrected chi connectivity index (χ3v) is 3.93. The summed E-state index contributed by atoms with van der Waals surface area (Å²) in [5.74, 6) is 0. The van der Waals surface area contributed by atoms with Crippen molar-refractivity contribution in [3.8, 4) is 0 Å². The van der Waals surface area contributed by atoms with Gasteiger partial charge in [0.1, 0.15) is 0 Å². The highest BCUT2D eigenvalue weighted by atomic mass is 79.9. The molecule has 0 unspecified atom stereocenters. The fourth-order valence-corrected chi connectivity index (χ4v) is 2.60. The van der Waals surface area contributed by atoms with Gasteiger partial charge in [0.05, 0.1) is 0 Å². The summed E-state index contributed by atoms with van der Waals surface area (Å²) in [5, 5.41) is 2.60. The fraction of sp³-hybridized carbons (Fsp3) is 0.538. The summed E-state index contributed by atoms with van der Waals surface area (Å²) in [5.41, 5.74) is 1.03. The molecule has 1 rings (SSSR count). The number of alkyl halides is 1. The largest absolute Gasteiger partial charge is 0.302 e. The van der Waals surface area contributed by atoms with Gasteiger partial charge in [-0.3, -0.25) is 0 Å². The Morgan fingerprint density at radius 3 is 2.35 bits per heavy atom. The molecule has 0 spiro atoms. The Morgan fingerprint density at radius 2 is 1.76 bits per heavy atom. The van der Waals surface area contributed by atoms with Gasteiger partial charge in [0.25, 0.3) is 0 Å². The average Bonchev–Trinajstić information content (AvgIpc) is 2.30. The van der Waals surface area contributed by atoms with E-state index >= 15 is 0 Å². The zero-order valence-electron chi connectivity index (χ0n) is 10.1. The Kier molecular flexibility index (Phi) is 7.52. The molecular weight excluding hydrogens is 321 g/mol. The van der Waals surface area contributed by atoms with Gasteiger partial charge in [-0.05, 0) is 38.6 Å². The lowest BCUT2D eigenvalue weighted by molar-refractivity contribution is 0.318. The summed E-state index contributed by atoms with van der Waals surface area (Å²) in [6.45, 7) is 1.89. The first-order chi connectivity index (χ1) is 8.15. The number of rotatable bonds is 7. The first-order valence-corrected chi connectivity index (χ1v) is 7.70. The van der Waals surface area contributed by atoms with Gasteiger partial charge in [0.2, 0.25) is 0 Å². The van der Waals surface area contributed by atoms with E-state index < -0.39 is 0 Å². The van der Waals surface area contributed by atoms with Crippen molar-refractivity contribution in [1.82, 2.24) is 4.90 Å². The van der Waals surface area contributed by atoms with Crippen LogP contribution in [0.15, 0.2) is 18.2 Å². The second kappa shape index (κ2) is 8.36. The molecule has 4 heteroatoms. The molecule has 0 aromatic heterocycles. The summed E-state index contributed by atoms with van der Waals surface area (Å²) in [7, 11) is 2.10. The second-order valence-electron chi connectivity index (χ2n) is 4.19. The number of benzene rings is 1. The van der Waals surface area contributed by atoms with Gasteiger partial charge in [0, 0.05) is 27.5 Å². The zero-order valence-corrected chi connectivity index (χ0v) is 13.2. The maximum absolute atomic E-state index is 6.14. The van der Waals surface area contributed by atoms with Crippen molar-refractivity contribution in [1.29, 1.82) is 0 Å². The van der Waals surface area contributed by atoms with Gasteiger partial charge in [-0.2, -0.15) is 0 Å². The maximum atomic E-state index is 6.14. The molecule has 0 radical (unpaired) electrons. The molecule has 0 fully saturated rings. The summed E-state index contributed by atoms with van der Waals surface area (Å²) in [6, 6.07) is 5.66. The highest BCUT2D eigenvalue weighted by Gasteiger charge is 2.08. The average molecular weight is 339 g/mol. The van der Waals surface area contributed by atoms with Crippen LogP contribution in [0.4, 0.5) is 0 Å². The molecule has 1 aromatic carbocycles. The summed E-state index contributed by atoms with van der Waals surface area (Å²) in [6.07, 6.45) is 3.71. The van der Waals surface area contributed by atoms with Crippen LogP contribution in [0.1, 0.15) is 24.8 Å². The number of hydrogen-bond donors (Lipinski definition) is 0. The van der Waals surface area contributed by atoms with Crippen LogP contribution in [0, 0.1) is 0 Å². The van der Waals surface area contributed by atoms with Crippen molar-refractivity contribution >= 4 is 39.1 Å². The topological polar surface area (TPSA) is 3.24 Å². The van der Waals surface area contributed by atoms with Crippen molar-refractivity contribution in [2.75, 3.05) is 18.9 Å². The van der Waals surface area contributed by atoms with Gasteiger partial charge in [0.15, 0.2) is 0 Å². The van der Waals surface area contributed by atoms with Gasteiger partial charge < -0.3 is 4.90 Å². The summed E-state index contributed by atoms with van der Waals surface area (Å²) >= 11 is 15.7. The van der Waals surface area contributed by atoms with Crippen LogP contribution in [0.25, 0.3) is 0 Å². The van der Waals surface area contributed by atoms with Crippen molar-refractivity contribution in [3.05, 3.63) is 33.8 Å². The first kappa shape index (κ1) is 15.3. The normalized spacial score (nSPS) is 11.1. The maximum Gasteiger partial charge on any atom is 0.0465 e. The lowest BCUT2D eigenvalue weighted by atomic mass is 10.2. The number of nitrogens with zero attached hydrogens (tertiary/aromatic N) is 1. The third-order valence-electron chi connectivity index (χ3n) is 2.66. The Balaban J connectivity index is 2.42. The molecule has 0 heterocycles. The van der Waals surface area contributed by atoms with E-state index in [1.807, 2.05) is 18.2 Å². The SMILES string of the molecule is CN(CCCCCBr)Cc1c(Cl)cccc1Cl. The zero-order chi connectivity index (χ0) is 12.7. The molecule has 0 atom stereocenters. The van der Waals surface area contributed by atoms with Gasteiger partial charge in [-0.15, -0.1) is 0 Å². The van der Waals surface area contributed by atoms with Crippen molar-refractivity contribution in [3.63, 3.8) is 0 Å². The minimum atomic E-state index is 0.754. The predicted molar refractivity (Wildman–Crippen MR) is 80.4 cm³/mol. The molecule has 0 aliphatic heterocycles. The monoisotopic (exact) mass is 337 g/mol. The third kappa shape index (κ3) is 5.60. The van der Waals surface area contributed by atoms with Gasteiger partial charge in [-0.1, -0.05) is 51.6 Å². The van der Waals surface area contributed by atoms with Crippen LogP contribution < -0.4 is 0 Å². The number of hydrogen-bond acceptors (Lipinski definition) is 1. The van der Waals surface area contributed by atoms with E-state index in [0.717, 1.165) is 34.0 Å². The molecule has 0 bridgehead atoms. The Hall–Kier alpha value is 0.240. The van der Waals surface area contributed by atoms with E-state index in [9.17, 15) is 0 Å². The molecule has 1 aromatic rings. The highest BCUT2D eigenvalue weighted by Crippen LogP contribution is 2.25. The molecule has 0 N–H and O–H groups in total.